The molecule has 25 heavy (non-hydrogen) atoms. The van der Waals surface area contributed by atoms with Crippen LogP contribution in [0.25, 0.3) is 0 Å². The number of halogens is 1. The summed E-state index contributed by atoms with van der Waals surface area (Å²) in [5.41, 5.74) is 2.08. The van der Waals surface area contributed by atoms with Gasteiger partial charge in [-0.05, 0) is 43.7 Å². The summed E-state index contributed by atoms with van der Waals surface area (Å²) in [4.78, 5) is 2.58. The number of hydrogen-bond acceptors (Lipinski definition) is 3. The standard InChI is InChI=1S/C19H23FN2O2S/c1-15-3-9-19(10-4-15)25(23,24)22-13-11-21(12-14-22)16(2)17-5-7-18(20)8-6-17/h3-10,16H,11-14H2,1-2H3. The molecule has 1 aliphatic rings. The Kier molecular flexibility index (Phi) is 5.22. The fourth-order valence-corrected chi connectivity index (χ4v) is 4.56. The fourth-order valence-electron chi connectivity index (χ4n) is 3.14. The summed E-state index contributed by atoms with van der Waals surface area (Å²) in [5, 5.41) is 0. The molecule has 1 unspecified atom stereocenters. The van der Waals surface area contributed by atoms with E-state index in [-0.39, 0.29) is 11.9 Å². The highest BCUT2D eigenvalue weighted by atomic mass is 32.2. The number of sulfonamides is 1. The van der Waals surface area contributed by atoms with Crippen LogP contribution in [0.2, 0.25) is 0 Å². The second kappa shape index (κ2) is 7.23. The van der Waals surface area contributed by atoms with Crippen LogP contribution >= 0.6 is 0 Å². The zero-order valence-electron chi connectivity index (χ0n) is 14.5. The first-order valence-electron chi connectivity index (χ1n) is 8.44. The van der Waals surface area contributed by atoms with E-state index in [9.17, 15) is 12.8 Å². The van der Waals surface area contributed by atoms with Gasteiger partial charge in [-0.3, -0.25) is 4.90 Å². The molecule has 4 nitrogen and oxygen atoms in total. The minimum Gasteiger partial charge on any atom is -0.294 e. The molecule has 1 fully saturated rings. The van der Waals surface area contributed by atoms with Crippen molar-refractivity contribution in [1.82, 2.24) is 9.21 Å². The van der Waals surface area contributed by atoms with Gasteiger partial charge in [0, 0.05) is 32.2 Å². The van der Waals surface area contributed by atoms with Crippen molar-refractivity contribution in [2.45, 2.75) is 24.8 Å². The highest BCUT2D eigenvalue weighted by Crippen LogP contribution is 2.24. The third-order valence-corrected chi connectivity index (χ3v) is 6.74. The van der Waals surface area contributed by atoms with Crippen molar-refractivity contribution < 1.29 is 12.8 Å². The van der Waals surface area contributed by atoms with Crippen LogP contribution in [-0.2, 0) is 10.0 Å². The highest BCUT2D eigenvalue weighted by Gasteiger charge is 2.30. The van der Waals surface area contributed by atoms with Crippen molar-refractivity contribution in [2.24, 2.45) is 0 Å². The highest BCUT2D eigenvalue weighted by molar-refractivity contribution is 7.89. The molecule has 0 aromatic heterocycles. The van der Waals surface area contributed by atoms with E-state index in [0.29, 0.717) is 31.1 Å². The average Bonchev–Trinajstić information content (AvgIpc) is 2.62. The molecular weight excluding hydrogens is 339 g/mol. The van der Waals surface area contributed by atoms with Crippen molar-refractivity contribution in [3.63, 3.8) is 0 Å². The number of benzene rings is 2. The van der Waals surface area contributed by atoms with E-state index >= 15 is 0 Å². The molecule has 0 bridgehead atoms. The zero-order valence-corrected chi connectivity index (χ0v) is 15.3. The van der Waals surface area contributed by atoms with Crippen molar-refractivity contribution in [3.8, 4) is 0 Å². The molecule has 0 spiro atoms. The van der Waals surface area contributed by atoms with Gasteiger partial charge in [0.15, 0.2) is 0 Å². The van der Waals surface area contributed by atoms with Crippen LogP contribution in [-0.4, -0.2) is 43.8 Å². The molecule has 1 atom stereocenters. The second-order valence-electron chi connectivity index (χ2n) is 6.48. The molecule has 1 saturated heterocycles. The van der Waals surface area contributed by atoms with E-state index < -0.39 is 10.0 Å². The Morgan fingerprint density at radius 2 is 1.48 bits per heavy atom. The quantitative estimate of drug-likeness (QED) is 0.839. The van der Waals surface area contributed by atoms with Crippen LogP contribution in [0, 0.1) is 12.7 Å². The van der Waals surface area contributed by atoms with E-state index in [4.69, 9.17) is 0 Å². The van der Waals surface area contributed by atoms with Crippen molar-refractivity contribution in [1.29, 1.82) is 0 Å². The number of aryl methyl sites for hydroxylation is 1. The summed E-state index contributed by atoms with van der Waals surface area (Å²) >= 11 is 0. The molecule has 6 heteroatoms. The van der Waals surface area contributed by atoms with Crippen molar-refractivity contribution >= 4 is 10.0 Å². The Bertz CT molecular complexity index is 812. The van der Waals surface area contributed by atoms with Crippen LogP contribution in [0.5, 0.6) is 0 Å². The molecular formula is C19H23FN2O2S. The maximum atomic E-state index is 13.1. The Balaban J connectivity index is 1.67. The van der Waals surface area contributed by atoms with Gasteiger partial charge in [0.25, 0.3) is 0 Å². The summed E-state index contributed by atoms with van der Waals surface area (Å²) in [5.74, 6) is -0.245. The van der Waals surface area contributed by atoms with Crippen molar-refractivity contribution in [3.05, 3.63) is 65.5 Å². The lowest BCUT2D eigenvalue weighted by Gasteiger charge is -2.37. The third-order valence-electron chi connectivity index (χ3n) is 4.83. The lowest BCUT2D eigenvalue weighted by Crippen LogP contribution is -2.49. The SMILES string of the molecule is Cc1ccc(S(=O)(=O)N2CCN(C(C)c3ccc(F)cc3)CC2)cc1. The van der Waals surface area contributed by atoms with Crippen LogP contribution in [0.3, 0.4) is 0 Å². The summed E-state index contributed by atoms with van der Waals surface area (Å²) in [6, 6.07) is 13.6. The predicted molar refractivity (Wildman–Crippen MR) is 96.3 cm³/mol. The molecule has 0 amide bonds. The first kappa shape index (κ1) is 18.0. The van der Waals surface area contributed by atoms with Crippen LogP contribution in [0.1, 0.15) is 24.1 Å². The summed E-state index contributed by atoms with van der Waals surface area (Å²) < 4.78 is 40.1. The van der Waals surface area contributed by atoms with E-state index in [1.165, 1.54) is 12.1 Å². The lowest BCUT2D eigenvalue weighted by atomic mass is 10.1. The minimum absolute atomic E-state index is 0.129. The zero-order chi connectivity index (χ0) is 18.0. The molecule has 1 aliphatic heterocycles. The topological polar surface area (TPSA) is 40.6 Å². The number of rotatable bonds is 4. The molecule has 0 aliphatic carbocycles. The Morgan fingerprint density at radius 1 is 0.920 bits per heavy atom. The first-order chi connectivity index (χ1) is 11.9. The van der Waals surface area contributed by atoms with E-state index in [0.717, 1.165) is 11.1 Å². The summed E-state index contributed by atoms with van der Waals surface area (Å²) in [6.45, 7) is 6.24. The fraction of sp³-hybridized carbons (Fsp3) is 0.368. The van der Waals surface area contributed by atoms with E-state index in [2.05, 4.69) is 11.8 Å². The van der Waals surface area contributed by atoms with E-state index in [1.807, 2.05) is 19.1 Å². The van der Waals surface area contributed by atoms with Gasteiger partial charge in [-0.1, -0.05) is 29.8 Å². The van der Waals surface area contributed by atoms with Gasteiger partial charge in [-0.2, -0.15) is 4.31 Å². The molecule has 2 aromatic rings. The van der Waals surface area contributed by atoms with Crippen LogP contribution in [0.15, 0.2) is 53.4 Å². The van der Waals surface area contributed by atoms with Gasteiger partial charge in [0.2, 0.25) is 10.0 Å². The maximum absolute atomic E-state index is 13.1. The minimum atomic E-state index is -3.44. The monoisotopic (exact) mass is 362 g/mol. The van der Waals surface area contributed by atoms with Gasteiger partial charge in [0.1, 0.15) is 5.82 Å². The van der Waals surface area contributed by atoms with Gasteiger partial charge >= 0.3 is 0 Å². The summed E-state index contributed by atoms with van der Waals surface area (Å²) in [6.07, 6.45) is 0. The summed E-state index contributed by atoms with van der Waals surface area (Å²) in [7, 11) is -3.44. The van der Waals surface area contributed by atoms with Gasteiger partial charge in [-0.15, -0.1) is 0 Å². The second-order valence-corrected chi connectivity index (χ2v) is 8.42. The Labute approximate surface area is 148 Å². The molecule has 0 N–H and O–H groups in total. The predicted octanol–water partition coefficient (Wildman–Crippen LogP) is 3.20. The molecule has 2 aromatic carbocycles. The Hall–Kier alpha value is -1.76. The Morgan fingerprint density at radius 3 is 2.04 bits per heavy atom. The normalized spacial score (nSPS) is 18.2. The van der Waals surface area contributed by atoms with E-state index in [1.54, 1.807) is 28.6 Å². The van der Waals surface area contributed by atoms with Gasteiger partial charge < -0.3 is 0 Å². The van der Waals surface area contributed by atoms with Gasteiger partial charge in [0.05, 0.1) is 4.90 Å². The van der Waals surface area contributed by atoms with Crippen LogP contribution < -0.4 is 0 Å². The smallest absolute Gasteiger partial charge is 0.243 e. The average molecular weight is 362 g/mol. The van der Waals surface area contributed by atoms with Crippen molar-refractivity contribution in [2.75, 3.05) is 26.2 Å². The maximum Gasteiger partial charge on any atom is 0.243 e. The number of piperazine rings is 1. The van der Waals surface area contributed by atoms with Crippen LogP contribution in [0.4, 0.5) is 4.39 Å². The largest absolute Gasteiger partial charge is 0.294 e. The molecule has 0 radical (unpaired) electrons. The number of nitrogens with zero attached hydrogens (tertiary/aromatic N) is 2. The lowest BCUT2D eigenvalue weighted by molar-refractivity contribution is 0.146. The first-order valence-corrected chi connectivity index (χ1v) is 9.88. The third kappa shape index (κ3) is 3.92. The molecule has 0 saturated carbocycles. The molecule has 1 heterocycles. The number of hydrogen-bond donors (Lipinski definition) is 0. The molecule has 134 valence electrons. The molecule has 3 rings (SSSR count). The van der Waals surface area contributed by atoms with Gasteiger partial charge in [-0.25, -0.2) is 12.8 Å².